The summed E-state index contributed by atoms with van der Waals surface area (Å²) < 4.78 is 18.9. The molecule has 3 aliphatic carbocycles. The molecular weight excluding hydrogens is 468 g/mol. The van der Waals surface area contributed by atoms with Crippen LogP contribution >= 0.6 is 0 Å². The molecule has 7 nitrogen and oxygen atoms in total. The molecule has 1 amide bonds. The lowest BCUT2D eigenvalue weighted by atomic mass is 9.47. The Hall–Kier alpha value is -2.61. The van der Waals surface area contributed by atoms with Crippen LogP contribution in [0.5, 0.6) is 11.5 Å². The Morgan fingerprint density at radius 2 is 2.00 bits per heavy atom. The van der Waals surface area contributed by atoms with Crippen LogP contribution in [0, 0.1) is 5.92 Å². The van der Waals surface area contributed by atoms with Crippen molar-refractivity contribution in [2.45, 2.75) is 79.9 Å². The minimum Gasteiger partial charge on any atom is -0.493 e. The highest BCUT2D eigenvalue weighted by atomic mass is 16.7. The molecule has 3 heterocycles. The zero-order valence-corrected chi connectivity index (χ0v) is 21.2. The van der Waals surface area contributed by atoms with Gasteiger partial charge < -0.3 is 24.6 Å². The molecule has 2 aromatic rings. The molecule has 0 radical (unpaired) electrons. The molecule has 2 bridgehead atoms. The third kappa shape index (κ3) is 2.85. The summed E-state index contributed by atoms with van der Waals surface area (Å²) in [5, 5.41) is 15.8. The molecular formula is C30H34N2O5. The molecule has 2 saturated carbocycles. The number of fused-ring (bicyclic) bond motifs is 1. The number of hydrogen-bond acceptors (Lipinski definition) is 6. The van der Waals surface area contributed by atoms with Crippen LogP contribution in [0.15, 0.2) is 42.5 Å². The van der Waals surface area contributed by atoms with Crippen molar-refractivity contribution in [2.24, 2.45) is 5.92 Å². The molecule has 7 heteroatoms. The van der Waals surface area contributed by atoms with Crippen LogP contribution in [-0.2, 0) is 27.9 Å². The number of benzene rings is 2. The van der Waals surface area contributed by atoms with Gasteiger partial charge in [-0.2, -0.15) is 0 Å². The van der Waals surface area contributed by atoms with Crippen LogP contribution in [0.25, 0.3) is 0 Å². The van der Waals surface area contributed by atoms with Crippen molar-refractivity contribution in [3.8, 4) is 11.5 Å². The van der Waals surface area contributed by atoms with Gasteiger partial charge in [-0.1, -0.05) is 36.4 Å². The molecule has 3 aliphatic heterocycles. The molecule has 6 atom stereocenters. The first-order valence-corrected chi connectivity index (χ1v) is 13.8. The fourth-order valence-corrected chi connectivity index (χ4v) is 8.39. The highest BCUT2D eigenvalue weighted by Crippen LogP contribution is 2.70. The second-order valence-corrected chi connectivity index (χ2v) is 12.1. The van der Waals surface area contributed by atoms with Gasteiger partial charge in [-0.15, -0.1) is 0 Å². The Labute approximate surface area is 217 Å². The van der Waals surface area contributed by atoms with E-state index < -0.39 is 28.8 Å². The highest BCUT2D eigenvalue weighted by molar-refractivity contribution is 5.85. The van der Waals surface area contributed by atoms with Gasteiger partial charge >= 0.3 is 0 Å². The van der Waals surface area contributed by atoms with Crippen molar-refractivity contribution in [1.29, 1.82) is 0 Å². The van der Waals surface area contributed by atoms with Gasteiger partial charge in [0.15, 0.2) is 17.6 Å². The van der Waals surface area contributed by atoms with Crippen molar-refractivity contribution in [3.05, 3.63) is 59.2 Å². The fraction of sp³-hybridized carbons (Fsp3) is 0.567. The fourth-order valence-electron chi connectivity index (χ4n) is 8.39. The van der Waals surface area contributed by atoms with Gasteiger partial charge in [0.2, 0.25) is 0 Å². The zero-order chi connectivity index (χ0) is 25.0. The number of nitrogens with one attached hydrogen (secondary N) is 1. The summed E-state index contributed by atoms with van der Waals surface area (Å²) in [4.78, 5) is 15.9. The Balaban J connectivity index is 1.17. The number of rotatable bonds is 6. The largest absolute Gasteiger partial charge is 0.493 e. The number of carbonyl (C=O) groups is 1. The molecule has 37 heavy (non-hydrogen) atoms. The summed E-state index contributed by atoms with van der Waals surface area (Å²) >= 11 is 0. The number of methoxy groups -OCH3 is 1. The predicted molar refractivity (Wildman–Crippen MR) is 136 cm³/mol. The average molecular weight is 503 g/mol. The summed E-state index contributed by atoms with van der Waals surface area (Å²) in [6.45, 7) is 2.46. The van der Waals surface area contributed by atoms with Gasteiger partial charge in [-0.05, 0) is 68.2 Å². The van der Waals surface area contributed by atoms with Crippen LogP contribution in [0.4, 0.5) is 0 Å². The number of epoxide rings is 1. The van der Waals surface area contributed by atoms with E-state index in [0.717, 1.165) is 48.7 Å². The molecule has 4 fully saturated rings. The minimum absolute atomic E-state index is 0.0567. The standard InChI is InChI=1S/C30H34N2O5/c1-35-21-10-9-20-15-22-30(34)12-11-29(25(37-29)26(33)31-16-18-5-3-2-4-6-18)27-28(30,23(20)24(21)36-27)13-14-32(22)17-19-7-8-19/h2-6,9-10,19,22,25,27,34H,7-8,11-17H2,1H3,(H,31,33)/t22-,25?,27-,28+,29?,30-/m1/s1. The monoisotopic (exact) mass is 502 g/mol. The van der Waals surface area contributed by atoms with E-state index in [-0.39, 0.29) is 11.9 Å². The van der Waals surface area contributed by atoms with Crippen molar-refractivity contribution in [3.63, 3.8) is 0 Å². The van der Waals surface area contributed by atoms with Gasteiger partial charge in [0.1, 0.15) is 11.7 Å². The molecule has 2 aromatic carbocycles. The van der Waals surface area contributed by atoms with Crippen molar-refractivity contribution < 1.29 is 24.1 Å². The van der Waals surface area contributed by atoms with E-state index in [4.69, 9.17) is 14.2 Å². The number of piperidine rings is 1. The van der Waals surface area contributed by atoms with Crippen molar-refractivity contribution >= 4 is 5.91 Å². The first-order chi connectivity index (χ1) is 18.0. The van der Waals surface area contributed by atoms with Crippen LogP contribution < -0.4 is 14.8 Å². The van der Waals surface area contributed by atoms with E-state index in [1.54, 1.807) is 7.11 Å². The Morgan fingerprint density at radius 1 is 1.16 bits per heavy atom. The molecule has 0 aromatic heterocycles. The Bertz CT molecular complexity index is 1280. The summed E-state index contributed by atoms with van der Waals surface area (Å²) in [7, 11) is 1.67. The summed E-state index contributed by atoms with van der Waals surface area (Å²) in [5.74, 6) is 2.11. The van der Waals surface area contributed by atoms with Gasteiger partial charge in [0.25, 0.3) is 5.91 Å². The molecule has 8 rings (SSSR count). The average Bonchev–Trinajstić information content (AvgIpc) is 3.83. The van der Waals surface area contributed by atoms with E-state index in [1.807, 2.05) is 36.4 Å². The maximum atomic E-state index is 13.3. The number of carbonyl (C=O) groups excluding carboxylic acids is 1. The second kappa shape index (κ2) is 7.49. The minimum atomic E-state index is -0.919. The number of likely N-dealkylation sites (tertiary alicyclic amines) is 1. The smallest absolute Gasteiger partial charge is 0.252 e. The third-order valence-corrected chi connectivity index (χ3v) is 10.3. The molecule has 2 unspecified atom stereocenters. The lowest BCUT2D eigenvalue weighted by molar-refractivity contribution is -0.201. The Kier molecular flexibility index (Phi) is 4.53. The molecule has 2 N–H and O–H groups in total. The number of amides is 1. The van der Waals surface area contributed by atoms with Crippen LogP contribution in [0.3, 0.4) is 0 Å². The first kappa shape index (κ1) is 22.4. The number of nitrogens with zero attached hydrogens (tertiary/aromatic N) is 1. The van der Waals surface area contributed by atoms with Gasteiger partial charge in [0, 0.05) is 24.7 Å². The van der Waals surface area contributed by atoms with Gasteiger partial charge in [-0.25, -0.2) is 0 Å². The van der Waals surface area contributed by atoms with E-state index in [1.165, 1.54) is 18.4 Å². The maximum Gasteiger partial charge on any atom is 0.252 e. The second-order valence-electron chi connectivity index (χ2n) is 12.1. The zero-order valence-electron chi connectivity index (χ0n) is 21.2. The lowest BCUT2D eigenvalue weighted by Crippen LogP contribution is -2.78. The van der Waals surface area contributed by atoms with Crippen molar-refractivity contribution in [1.82, 2.24) is 10.2 Å². The SMILES string of the molecule is COc1ccc2c3c1O[C@H]1C4(CC[C@@]5(O)[C@@H](C2)N(CC2CC2)CC[C@]315)OC4C(=O)NCc1ccccc1. The first-order valence-electron chi connectivity index (χ1n) is 13.8. The van der Waals surface area contributed by atoms with E-state index in [9.17, 15) is 9.90 Å². The highest BCUT2D eigenvalue weighted by Gasteiger charge is 2.82. The van der Waals surface area contributed by atoms with Crippen LogP contribution in [-0.4, -0.2) is 65.6 Å². The van der Waals surface area contributed by atoms with Gasteiger partial charge in [0.05, 0.1) is 18.1 Å². The van der Waals surface area contributed by atoms with E-state index in [0.29, 0.717) is 25.1 Å². The number of aliphatic hydroxyl groups is 1. The maximum absolute atomic E-state index is 13.3. The molecule has 6 aliphatic rings. The van der Waals surface area contributed by atoms with Crippen LogP contribution in [0.1, 0.15) is 48.8 Å². The van der Waals surface area contributed by atoms with E-state index in [2.05, 4.69) is 16.3 Å². The van der Waals surface area contributed by atoms with Gasteiger partial charge in [-0.3, -0.25) is 9.69 Å². The molecule has 2 spiro atoms. The lowest BCUT2D eigenvalue weighted by Gasteiger charge is -2.64. The number of hydrogen-bond donors (Lipinski definition) is 2. The molecule has 2 saturated heterocycles. The van der Waals surface area contributed by atoms with Crippen molar-refractivity contribution in [2.75, 3.05) is 20.2 Å². The summed E-state index contributed by atoms with van der Waals surface area (Å²) in [5.41, 5.74) is 1.17. The Morgan fingerprint density at radius 3 is 2.78 bits per heavy atom. The normalized spacial score (nSPS) is 38.6. The van der Waals surface area contributed by atoms with E-state index >= 15 is 0 Å². The summed E-state index contributed by atoms with van der Waals surface area (Å²) in [6.07, 6.45) is 4.45. The molecule has 194 valence electrons. The van der Waals surface area contributed by atoms with Crippen LogP contribution in [0.2, 0.25) is 0 Å². The predicted octanol–water partition coefficient (Wildman–Crippen LogP) is 2.71. The topological polar surface area (TPSA) is 83.6 Å². The third-order valence-electron chi connectivity index (χ3n) is 10.3. The summed E-state index contributed by atoms with van der Waals surface area (Å²) in [6, 6.07) is 14.1. The quantitative estimate of drug-likeness (QED) is 0.591. The number of ether oxygens (including phenoxy) is 3.